The van der Waals surface area contributed by atoms with Gasteiger partial charge < -0.3 is 19.5 Å². The minimum Gasteiger partial charge on any atom is -0.444 e. The predicted octanol–water partition coefficient (Wildman–Crippen LogP) is 3.85. The first-order chi connectivity index (χ1) is 12.6. The first-order valence-electron chi connectivity index (χ1n) is 8.98. The monoisotopic (exact) mass is 379 g/mol. The zero-order valence-corrected chi connectivity index (χ0v) is 16.6. The molecule has 7 heteroatoms. The molecule has 1 amide bonds. The van der Waals surface area contributed by atoms with Crippen LogP contribution in [0.2, 0.25) is 0 Å². The van der Waals surface area contributed by atoms with Crippen LogP contribution in [0.1, 0.15) is 46.6 Å². The van der Waals surface area contributed by atoms with Crippen LogP contribution in [-0.4, -0.2) is 36.5 Å². The normalized spacial score (nSPS) is 12.2. The van der Waals surface area contributed by atoms with Crippen molar-refractivity contribution in [3.63, 3.8) is 0 Å². The highest BCUT2D eigenvalue weighted by Gasteiger charge is 2.27. The smallest absolute Gasteiger partial charge is 0.444 e. The second kappa shape index (κ2) is 10.5. The minimum atomic E-state index is -1.08. The maximum atomic E-state index is 12.3. The van der Waals surface area contributed by atoms with Crippen molar-refractivity contribution in [1.29, 1.82) is 0 Å². The van der Waals surface area contributed by atoms with Crippen molar-refractivity contribution >= 4 is 18.2 Å². The van der Waals surface area contributed by atoms with E-state index in [0.717, 1.165) is 5.56 Å². The van der Waals surface area contributed by atoms with E-state index in [9.17, 15) is 14.4 Å². The molecular weight excluding hydrogens is 350 g/mol. The van der Waals surface area contributed by atoms with Gasteiger partial charge in [-0.3, -0.25) is 0 Å². The first kappa shape index (κ1) is 22.5. The van der Waals surface area contributed by atoms with Gasteiger partial charge in [-0.05, 0) is 45.1 Å². The third kappa shape index (κ3) is 10.2. The molecule has 0 aliphatic heterocycles. The second-order valence-electron chi connectivity index (χ2n) is 7.60. The third-order valence-electron chi connectivity index (χ3n) is 3.26. The SMILES string of the molecule is CC(C)COC(=O)OC(=O)[C@H](CCc1ccccc1)NC(=O)OC(C)(C)C. The number of aryl methyl sites for hydroxylation is 1. The standard InChI is InChI=1S/C20H29NO6/c1-14(2)13-25-19(24)26-17(22)16(21-18(23)27-20(3,4)5)12-11-15-9-7-6-8-10-15/h6-10,14,16H,11-13H2,1-5H3,(H,21,23)/t16-/m0/s1. The molecule has 0 fully saturated rings. The Labute approximate surface area is 160 Å². The Morgan fingerprint density at radius 1 is 1.07 bits per heavy atom. The van der Waals surface area contributed by atoms with Crippen molar-refractivity contribution in [2.75, 3.05) is 6.61 Å². The van der Waals surface area contributed by atoms with Gasteiger partial charge in [0, 0.05) is 0 Å². The lowest BCUT2D eigenvalue weighted by Gasteiger charge is -2.22. The van der Waals surface area contributed by atoms with Gasteiger partial charge in [0.05, 0.1) is 6.61 Å². The summed E-state index contributed by atoms with van der Waals surface area (Å²) < 4.78 is 14.7. The highest BCUT2D eigenvalue weighted by molar-refractivity contribution is 5.88. The highest BCUT2D eigenvalue weighted by Crippen LogP contribution is 2.10. The van der Waals surface area contributed by atoms with Gasteiger partial charge in [-0.25, -0.2) is 14.4 Å². The van der Waals surface area contributed by atoms with Gasteiger partial charge >= 0.3 is 18.2 Å². The molecule has 0 saturated carbocycles. The van der Waals surface area contributed by atoms with E-state index in [4.69, 9.17) is 14.2 Å². The Kier molecular flexibility index (Phi) is 8.78. The summed E-state index contributed by atoms with van der Waals surface area (Å²) in [5.74, 6) is -0.771. The van der Waals surface area contributed by atoms with Gasteiger partial charge in [0.25, 0.3) is 0 Å². The van der Waals surface area contributed by atoms with Crippen molar-refractivity contribution in [2.45, 2.75) is 59.1 Å². The molecular formula is C20H29NO6. The number of rotatable bonds is 7. The molecule has 27 heavy (non-hydrogen) atoms. The zero-order valence-electron chi connectivity index (χ0n) is 16.6. The van der Waals surface area contributed by atoms with Crippen molar-refractivity contribution in [3.05, 3.63) is 35.9 Å². The summed E-state index contributed by atoms with van der Waals surface area (Å²) in [7, 11) is 0. The number of amides is 1. The second-order valence-corrected chi connectivity index (χ2v) is 7.60. The molecule has 1 atom stereocenters. The van der Waals surface area contributed by atoms with E-state index in [1.165, 1.54) is 0 Å². The van der Waals surface area contributed by atoms with Gasteiger partial charge in [-0.2, -0.15) is 0 Å². The van der Waals surface area contributed by atoms with Crippen molar-refractivity contribution in [3.8, 4) is 0 Å². The highest BCUT2D eigenvalue weighted by atomic mass is 16.7. The summed E-state index contributed by atoms with van der Waals surface area (Å²) in [5.41, 5.74) is 0.275. The van der Waals surface area contributed by atoms with Gasteiger partial charge in [0.1, 0.15) is 11.6 Å². The van der Waals surface area contributed by atoms with Gasteiger partial charge in [0.15, 0.2) is 0 Å². The average Bonchev–Trinajstić information content (AvgIpc) is 2.56. The van der Waals surface area contributed by atoms with Gasteiger partial charge in [0.2, 0.25) is 0 Å². The lowest BCUT2D eigenvalue weighted by atomic mass is 10.1. The van der Waals surface area contributed by atoms with E-state index in [0.29, 0.717) is 6.42 Å². The quantitative estimate of drug-likeness (QED) is 0.572. The number of hydrogen-bond acceptors (Lipinski definition) is 6. The molecule has 1 N–H and O–H groups in total. The predicted molar refractivity (Wildman–Crippen MR) is 100 cm³/mol. The van der Waals surface area contributed by atoms with Crippen LogP contribution in [0.15, 0.2) is 30.3 Å². The largest absolute Gasteiger partial charge is 0.516 e. The number of hydrogen-bond donors (Lipinski definition) is 1. The Morgan fingerprint density at radius 3 is 2.26 bits per heavy atom. The molecule has 0 saturated heterocycles. The van der Waals surface area contributed by atoms with Gasteiger partial charge in [-0.1, -0.05) is 44.2 Å². The van der Waals surface area contributed by atoms with E-state index in [1.807, 2.05) is 44.2 Å². The molecule has 0 unspecified atom stereocenters. The van der Waals surface area contributed by atoms with Crippen LogP contribution >= 0.6 is 0 Å². The maximum absolute atomic E-state index is 12.3. The van der Waals surface area contributed by atoms with Crippen molar-refractivity contribution in [1.82, 2.24) is 5.32 Å². The van der Waals surface area contributed by atoms with E-state index < -0.39 is 29.9 Å². The number of carbonyl (C=O) groups is 3. The molecule has 0 aliphatic carbocycles. The fourth-order valence-corrected chi connectivity index (χ4v) is 2.07. The Bertz CT molecular complexity index is 621. The van der Waals surface area contributed by atoms with E-state index in [2.05, 4.69) is 5.32 Å². The number of carbonyl (C=O) groups excluding carboxylic acids is 3. The van der Waals surface area contributed by atoms with E-state index in [1.54, 1.807) is 20.8 Å². The van der Waals surface area contributed by atoms with Gasteiger partial charge in [-0.15, -0.1) is 0 Å². The summed E-state index contributed by atoms with van der Waals surface area (Å²) in [6, 6.07) is 8.44. The summed E-state index contributed by atoms with van der Waals surface area (Å²) in [5, 5.41) is 2.47. The molecule has 150 valence electrons. The molecule has 0 heterocycles. The molecule has 0 spiro atoms. The molecule has 0 bridgehead atoms. The molecule has 0 radical (unpaired) electrons. The number of nitrogens with one attached hydrogen (secondary N) is 1. The van der Waals surface area contributed by atoms with Crippen LogP contribution in [0.5, 0.6) is 0 Å². The van der Waals surface area contributed by atoms with Crippen LogP contribution in [0.3, 0.4) is 0 Å². The third-order valence-corrected chi connectivity index (χ3v) is 3.26. The number of ether oxygens (including phenoxy) is 3. The van der Waals surface area contributed by atoms with Crippen LogP contribution in [0, 0.1) is 5.92 Å². The zero-order chi connectivity index (χ0) is 20.4. The Hall–Kier alpha value is -2.57. The summed E-state index contributed by atoms with van der Waals surface area (Å²) in [4.78, 5) is 36.0. The Morgan fingerprint density at radius 2 is 1.70 bits per heavy atom. The lowest BCUT2D eigenvalue weighted by Crippen LogP contribution is -2.45. The fourth-order valence-electron chi connectivity index (χ4n) is 2.07. The molecule has 1 aromatic carbocycles. The molecule has 0 aromatic heterocycles. The molecule has 7 nitrogen and oxygen atoms in total. The minimum absolute atomic E-state index is 0.112. The van der Waals surface area contributed by atoms with Crippen molar-refractivity contribution < 1.29 is 28.6 Å². The molecule has 0 aliphatic rings. The molecule has 1 aromatic rings. The lowest BCUT2D eigenvalue weighted by molar-refractivity contribution is -0.142. The number of benzene rings is 1. The molecule has 1 rings (SSSR count). The van der Waals surface area contributed by atoms with Crippen molar-refractivity contribution in [2.24, 2.45) is 5.92 Å². The number of alkyl carbamates (subject to hydrolysis) is 1. The number of esters is 1. The van der Waals surface area contributed by atoms with Crippen LogP contribution < -0.4 is 5.32 Å². The summed E-state index contributed by atoms with van der Waals surface area (Å²) in [6.07, 6.45) is -1.07. The van der Waals surface area contributed by atoms with Crippen LogP contribution in [0.4, 0.5) is 9.59 Å². The topological polar surface area (TPSA) is 90.9 Å². The van der Waals surface area contributed by atoms with E-state index in [-0.39, 0.29) is 18.9 Å². The average molecular weight is 379 g/mol. The first-order valence-corrected chi connectivity index (χ1v) is 8.98. The maximum Gasteiger partial charge on any atom is 0.516 e. The summed E-state index contributed by atoms with van der Waals surface area (Å²) in [6.45, 7) is 9.01. The Balaban J connectivity index is 2.71. The fraction of sp³-hybridized carbons (Fsp3) is 0.550. The summed E-state index contributed by atoms with van der Waals surface area (Å²) >= 11 is 0. The van der Waals surface area contributed by atoms with Crippen LogP contribution in [0.25, 0.3) is 0 Å². The van der Waals surface area contributed by atoms with Crippen LogP contribution in [-0.2, 0) is 25.4 Å². The van der Waals surface area contributed by atoms with E-state index >= 15 is 0 Å².